The molecule has 80 valence electrons. The number of hydrogen-bond acceptors (Lipinski definition) is 0. The average Bonchev–Trinajstić information content (AvgIpc) is 2.08. The van der Waals surface area contributed by atoms with Gasteiger partial charge in [-0.2, -0.15) is 0 Å². The van der Waals surface area contributed by atoms with E-state index in [1.807, 2.05) is 6.08 Å². The average molecular weight is 208 g/mol. The molecule has 0 aromatic carbocycles. The van der Waals surface area contributed by atoms with Gasteiger partial charge in [0.2, 0.25) is 0 Å². The molecule has 0 atom stereocenters. The van der Waals surface area contributed by atoms with Crippen molar-refractivity contribution < 1.29 is 0 Å². The lowest BCUT2D eigenvalue weighted by molar-refractivity contribution is 0.657. The van der Waals surface area contributed by atoms with Crippen LogP contribution in [0.5, 0.6) is 0 Å². The first kappa shape index (κ1) is 13.5. The summed E-state index contributed by atoms with van der Waals surface area (Å²) in [7, 11) is -1.11. The lowest BCUT2D eigenvalue weighted by Crippen LogP contribution is -2.16. The Hall–Kier alpha value is -0.483. The van der Waals surface area contributed by atoms with Crippen molar-refractivity contribution in [3.05, 3.63) is 12.7 Å². The number of hydrogen-bond donors (Lipinski definition) is 0. The second-order valence-electron chi connectivity index (χ2n) is 4.79. The van der Waals surface area contributed by atoms with Gasteiger partial charge in [-0.15, -0.1) is 18.0 Å². The van der Waals surface area contributed by atoms with Crippen LogP contribution >= 0.6 is 0 Å². The first-order valence-corrected chi connectivity index (χ1v) is 9.17. The van der Waals surface area contributed by atoms with Gasteiger partial charge in [0.1, 0.15) is 8.07 Å². The van der Waals surface area contributed by atoms with Crippen LogP contribution < -0.4 is 0 Å². The number of unbranched alkanes of at least 4 members (excludes halogenated alkanes) is 5. The maximum absolute atomic E-state index is 3.72. The van der Waals surface area contributed by atoms with Crippen LogP contribution in [-0.2, 0) is 0 Å². The molecule has 0 N–H and O–H groups in total. The monoisotopic (exact) mass is 208 g/mol. The summed E-state index contributed by atoms with van der Waals surface area (Å²) in [6, 6.07) is 0. The summed E-state index contributed by atoms with van der Waals surface area (Å²) in [6.45, 7) is 10.6. The molecular weight excluding hydrogens is 184 g/mol. The number of allylic oxidation sites excluding steroid dienone is 1. The van der Waals surface area contributed by atoms with Crippen molar-refractivity contribution in [3.63, 3.8) is 0 Å². The third-order valence-corrected chi connectivity index (χ3v) is 2.85. The predicted octanol–water partition coefficient (Wildman–Crippen LogP) is 4.39. The molecule has 0 nitrogen and oxygen atoms in total. The highest BCUT2D eigenvalue weighted by Gasteiger charge is 2.06. The predicted molar refractivity (Wildman–Crippen MR) is 69.0 cm³/mol. The highest BCUT2D eigenvalue weighted by molar-refractivity contribution is 6.83. The minimum Gasteiger partial charge on any atom is -0.132 e. The van der Waals surface area contributed by atoms with Gasteiger partial charge in [0.15, 0.2) is 0 Å². The number of rotatable bonds is 6. The van der Waals surface area contributed by atoms with Gasteiger partial charge in [-0.25, -0.2) is 0 Å². The SMILES string of the molecule is C=CCCCCCCC#C[Si](C)(C)C. The molecule has 0 bridgehead atoms. The zero-order valence-corrected chi connectivity index (χ0v) is 11.0. The molecule has 0 unspecified atom stereocenters. The summed E-state index contributed by atoms with van der Waals surface area (Å²) >= 11 is 0. The molecule has 0 aromatic heterocycles. The van der Waals surface area contributed by atoms with Crippen LogP contribution in [0.2, 0.25) is 19.6 Å². The standard InChI is InChI=1S/C13H24Si/c1-5-6-7-8-9-10-11-12-13-14(2,3)4/h5H,1,6-11H2,2-4H3. The Bertz CT molecular complexity index is 200. The fraction of sp³-hybridized carbons (Fsp3) is 0.692. The fourth-order valence-corrected chi connectivity index (χ4v) is 1.84. The highest BCUT2D eigenvalue weighted by Crippen LogP contribution is 2.05. The Labute approximate surface area is 90.8 Å². The van der Waals surface area contributed by atoms with E-state index in [0.29, 0.717) is 0 Å². The molecule has 0 fully saturated rings. The summed E-state index contributed by atoms with van der Waals surface area (Å²) < 4.78 is 0. The van der Waals surface area contributed by atoms with E-state index in [4.69, 9.17) is 0 Å². The summed E-state index contributed by atoms with van der Waals surface area (Å²) in [6.07, 6.45) is 9.50. The zero-order valence-electron chi connectivity index (χ0n) is 10.0. The largest absolute Gasteiger partial charge is 0.132 e. The van der Waals surface area contributed by atoms with Crippen molar-refractivity contribution in [2.24, 2.45) is 0 Å². The van der Waals surface area contributed by atoms with Crippen molar-refractivity contribution >= 4 is 8.07 Å². The van der Waals surface area contributed by atoms with Crippen LogP contribution in [0.15, 0.2) is 12.7 Å². The molecule has 0 radical (unpaired) electrons. The second kappa shape index (κ2) is 7.88. The Morgan fingerprint density at radius 3 is 2.29 bits per heavy atom. The molecule has 0 saturated carbocycles. The van der Waals surface area contributed by atoms with E-state index in [1.54, 1.807) is 0 Å². The molecule has 1 heteroatoms. The van der Waals surface area contributed by atoms with Crippen molar-refractivity contribution in [2.45, 2.75) is 58.2 Å². The first-order valence-electron chi connectivity index (χ1n) is 5.67. The maximum Gasteiger partial charge on any atom is 0.129 e. The molecule has 0 amide bonds. The van der Waals surface area contributed by atoms with Crippen LogP contribution in [0.1, 0.15) is 38.5 Å². The smallest absolute Gasteiger partial charge is 0.129 e. The molecule has 14 heavy (non-hydrogen) atoms. The van der Waals surface area contributed by atoms with E-state index in [9.17, 15) is 0 Å². The van der Waals surface area contributed by atoms with E-state index in [-0.39, 0.29) is 0 Å². The third-order valence-electron chi connectivity index (χ3n) is 1.92. The van der Waals surface area contributed by atoms with Crippen LogP contribution in [0.3, 0.4) is 0 Å². The Kier molecular flexibility index (Phi) is 7.61. The molecular formula is C13H24Si. The third kappa shape index (κ3) is 11.5. The van der Waals surface area contributed by atoms with Crippen molar-refractivity contribution in [1.29, 1.82) is 0 Å². The molecule has 0 aliphatic rings. The van der Waals surface area contributed by atoms with E-state index in [2.05, 4.69) is 37.7 Å². The molecule has 0 aromatic rings. The quantitative estimate of drug-likeness (QED) is 0.263. The van der Waals surface area contributed by atoms with E-state index in [0.717, 1.165) is 6.42 Å². The summed E-state index contributed by atoms with van der Waals surface area (Å²) in [5.74, 6) is 3.31. The van der Waals surface area contributed by atoms with Crippen LogP contribution in [0.25, 0.3) is 0 Å². The van der Waals surface area contributed by atoms with Gasteiger partial charge in [-0.05, 0) is 19.3 Å². The van der Waals surface area contributed by atoms with Gasteiger partial charge in [-0.3, -0.25) is 0 Å². The van der Waals surface area contributed by atoms with Crippen LogP contribution in [0.4, 0.5) is 0 Å². The minimum atomic E-state index is -1.11. The fourth-order valence-electron chi connectivity index (χ4n) is 1.18. The van der Waals surface area contributed by atoms with Crippen LogP contribution in [0, 0.1) is 11.5 Å². The molecule has 0 saturated heterocycles. The van der Waals surface area contributed by atoms with Gasteiger partial charge < -0.3 is 0 Å². The van der Waals surface area contributed by atoms with E-state index < -0.39 is 8.07 Å². The summed E-state index contributed by atoms with van der Waals surface area (Å²) in [5, 5.41) is 0. The first-order chi connectivity index (χ1) is 6.56. The van der Waals surface area contributed by atoms with Crippen LogP contribution in [-0.4, -0.2) is 8.07 Å². The van der Waals surface area contributed by atoms with Gasteiger partial charge >= 0.3 is 0 Å². The lowest BCUT2D eigenvalue weighted by atomic mass is 10.1. The molecule has 0 aliphatic heterocycles. The van der Waals surface area contributed by atoms with Gasteiger partial charge in [0.25, 0.3) is 0 Å². The Morgan fingerprint density at radius 2 is 1.71 bits per heavy atom. The molecule has 0 spiro atoms. The lowest BCUT2D eigenvalue weighted by Gasteiger charge is -2.03. The molecule has 0 heterocycles. The minimum absolute atomic E-state index is 1.10. The topological polar surface area (TPSA) is 0 Å². The maximum atomic E-state index is 3.72. The van der Waals surface area contributed by atoms with Gasteiger partial charge in [-0.1, -0.05) is 38.6 Å². The second-order valence-corrected chi connectivity index (χ2v) is 9.54. The normalized spacial score (nSPS) is 10.5. The van der Waals surface area contributed by atoms with E-state index >= 15 is 0 Å². The van der Waals surface area contributed by atoms with Crippen molar-refractivity contribution in [1.82, 2.24) is 0 Å². The van der Waals surface area contributed by atoms with Crippen molar-refractivity contribution in [2.75, 3.05) is 0 Å². The van der Waals surface area contributed by atoms with E-state index in [1.165, 1.54) is 32.1 Å². The summed E-state index contributed by atoms with van der Waals surface area (Å²) in [4.78, 5) is 0. The molecule has 0 rings (SSSR count). The van der Waals surface area contributed by atoms with Crippen molar-refractivity contribution in [3.8, 4) is 11.5 Å². The Morgan fingerprint density at radius 1 is 1.07 bits per heavy atom. The highest BCUT2D eigenvalue weighted by atomic mass is 28.3. The molecule has 0 aliphatic carbocycles. The van der Waals surface area contributed by atoms with Gasteiger partial charge in [0.05, 0.1) is 0 Å². The zero-order chi connectivity index (χ0) is 10.9. The summed E-state index contributed by atoms with van der Waals surface area (Å²) in [5.41, 5.74) is 3.40. The van der Waals surface area contributed by atoms with Gasteiger partial charge in [0, 0.05) is 6.42 Å². The Balaban J connectivity index is 3.28.